The molecule has 0 amide bonds. The van der Waals surface area contributed by atoms with Crippen molar-refractivity contribution in [2.75, 3.05) is 13.7 Å². The van der Waals surface area contributed by atoms with E-state index in [1.807, 2.05) is 23.5 Å². The molecule has 1 unspecified atom stereocenters. The van der Waals surface area contributed by atoms with E-state index in [1.165, 1.54) is 14.2 Å². The molecule has 1 aromatic carbocycles. The molecule has 0 aliphatic heterocycles. The van der Waals surface area contributed by atoms with Crippen molar-refractivity contribution in [1.29, 1.82) is 0 Å². The molecule has 1 heterocycles. The summed E-state index contributed by atoms with van der Waals surface area (Å²) in [5, 5.41) is 3.66. The summed E-state index contributed by atoms with van der Waals surface area (Å²) in [5.41, 5.74) is 1.35. The van der Waals surface area contributed by atoms with Crippen molar-refractivity contribution in [3.8, 4) is 5.75 Å². The van der Waals surface area contributed by atoms with Gasteiger partial charge in [-0.25, -0.2) is 0 Å². The zero-order valence-electron chi connectivity index (χ0n) is 12.6. The Kier molecular flexibility index (Phi) is 6.74. The first kappa shape index (κ1) is 16.5. The second-order valence-corrected chi connectivity index (χ2v) is 7.66. The van der Waals surface area contributed by atoms with E-state index >= 15 is 0 Å². The lowest BCUT2D eigenvalue weighted by Crippen LogP contribution is -2.33. The van der Waals surface area contributed by atoms with E-state index in [9.17, 15) is 0 Å². The maximum absolute atomic E-state index is 5.22. The molecule has 0 spiro atoms. The van der Waals surface area contributed by atoms with Gasteiger partial charge in [0.25, 0.3) is 0 Å². The van der Waals surface area contributed by atoms with Crippen LogP contribution in [0.5, 0.6) is 5.75 Å². The molecule has 2 rings (SSSR count). The van der Waals surface area contributed by atoms with Gasteiger partial charge in [0.05, 0.1) is 10.9 Å². The van der Waals surface area contributed by atoms with E-state index in [0.29, 0.717) is 6.04 Å². The molecular formula is C17H22BrNOS. The van der Waals surface area contributed by atoms with Gasteiger partial charge in [0.15, 0.2) is 0 Å². The first-order chi connectivity index (χ1) is 10.2. The molecule has 0 bridgehead atoms. The first-order valence-corrected chi connectivity index (χ1v) is 8.92. The van der Waals surface area contributed by atoms with Crippen LogP contribution in [0.3, 0.4) is 0 Å². The minimum atomic E-state index is 0.476. The van der Waals surface area contributed by atoms with Crippen LogP contribution >= 0.6 is 27.3 Å². The van der Waals surface area contributed by atoms with Gasteiger partial charge in [0.2, 0.25) is 0 Å². The van der Waals surface area contributed by atoms with E-state index in [1.54, 1.807) is 7.11 Å². The van der Waals surface area contributed by atoms with Gasteiger partial charge in [-0.3, -0.25) is 0 Å². The summed E-state index contributed by atoms with van der Waals surface area (Å²) < 4.78 is 6.42. The molecule has 1 N–H and O–H groups in total. The monoisotopic (exact) mass is 367 g/mol. The Morgan fingerprint density at radius 1 is 1.14 bits per heavy atom. The molecule has 0 saturated carbocycles. The Bertz CT molecular complexity index is 538. The van der Waals surface area contributed by atoms with Gasteiger partial charge >= 0.3 is 0 Å². The highest BCUT2D eigenvalue weighted by atomic mass is 79.9. The van der Waals surface area contributed by atoms with E-state index in [2.05, 4.69) is 52.4 Å². The van der Waals surface area contributed by atoms with Gasteiger partial charge in [-0.2, -0.15) is 0 Å². The van der Waals surface area contributed by atoms with Crippen LogP contribution in [0.2, 0.25) is 0 Å². The van der Waals surface area contributed by atoms with Gasteiger partial charge in [0.1, 0.15) is 5.75 Å². The molecule has 114 valence electrons. The van der Waals surface area contributed by atoms with Crippen LogP contribution < -0.4 is 10.1 Å². The molecule has 21 heavy (non-hydrogen) atoms. The molecule has 0 radical (unpaired) electrons. The second-order valence-electron chi connectivity index (χ2n) is 5.11. The van der Waals surface area contributed by atoms with Crippen LogP contribution in [0.15, 0.2) is 40.2 Å². The van der Waals surface area contributed by atoms with Gasteiger partial charge in [-0.1, -0.05) is 19.1 Å². The number of hydrogen-bond acceptors (Lipinski definition) is 3. The Hall–Kier alpha value is -0.840. The van der Waals surface area contributed by atoms with Gasteiger partial charge in [-0.15, -0.1) is 11.3 Å². The number of halogens is 1. The molecule has 2 aromatic rings. The SMILES string of the molecule is CCCNC(Cc1ccc(OC)cc1)Cc1ccc(Br)s1. The maximum atomic E-state index is 5.22. The Morgan fingerprint density at radius 3 is 2.48 bits per heavy atom. The van der Waals surface area contributed by atoms with Gasteiger partial charge < -0.3 is 10.1 Å². The van der Waals surface area contributed by atoms with E-state index in [-0.39, 0.29) is 0 Å². The van der Waals surface area contributed by atoms with Crippen molar-refractivity contribution in [2.24, 2.45) is 0 Å². The molecule has 2 nitrogen and oxygen atoms in total. The molecule has 4 heteroatoms. The number of rotatable bonds is 8. The standard InChI is InChI=1S/C17H22BrNOS/c1-3-10-19-14(12-16-8-9-17(18)21-16)11-13-4-6-15(20-2)7-5-13/h4-9,14,19H,3,10-12H2,1-2H3. The number of methoxy groups -OCH3 is 1. The average molecular weight is 368 g/mol. The zero-order chi connectivity index (χ0) is 15.1. The third kappa shape index (κ3) is 5.46. The predicted molar refractivity (Wildman–Crippen MR) is 94.5 cm³/mol. The zero-order valence-corrected chi connectivity index (χ0v) is 15.0. The molecule has 0 aliphatic carbocycles. The number of benzene rings is 1. The van der Waals surface area contributed by atoms with Gasteiger partial charge in [-0.05, 0) is 71.6 Å². The van der Waals surface area contributed by atoms with Crippen LogP contribution in [0.1, 0.15) is 23.8 Å². The number of nitrogens with one attached hydrogen (secondary N) is 1. The smallest absolute Gasteiger partial charge is 0.118 e. The van der Waals surface area contributed by atoms with Crippen molar-refractivity contribution in [3.05, 3.63) is 50.6 Å². The molecule has 1 aromatic heterocycles. The van der Waals surface area contributed by atoms with Crippen LogP contribution in [0.4, 0.5) is 0 Å². The molecule has 1 atom stereocenters. The fourth-order valence-corrected chi connectivity index (χ4v) is 3.88. The van der Waals surface area contributed by atoms with Crippen LogP contribution in [-0.2, 0) is 12.8 Å². The Morgan fingerprint density at radius 2 is 1.90 bits per heavy atom. The average Bonchev–Trinajstić information content (AvgIpc) is 2.90. The summed E-state index contributed by atoms with van der Waals surface area (Å²) in [5.74, 6) is 0.916. The first-order valence-electron chi connectivity index (χ1n) is 7.31. The maximum Gasteiger partial charge on any atom is 0.118 e. The fraction of sp³-hybridized carbons (Fsp3) is 0.412. The van der Waals surface area contributed by atoms with E-state index in [4.69, 9.17) is 4.74 Å². The lowest BCUT2D eigenvalue weighted by Gasteiger charge is -2.18. The number of hydrogen-bond donors (Lipinski definition) is 1. The summed E-state index contributed by atoms with van der Waals surface area (Å²) in [4.78, 5) is 1.42. The van der Waals surface area contributed by atoms with Crippen LogP contribution in [-0.4, -0.2) is 19.7 Å². The lowest BCUT2D eigenvalue weighted by molar-refractivity contribution is 0.414. The van der Waals surface area contributed by atoms with Crippen molar-refractivity contribution >= 4 is 27.3 Å². The van der Waals surface area contributed by atoms with Crippen molar-refractivity contribution in [1.82, 2.24) is 5.32 Å². The largest absolute Gasteiger partial charge is 0.497 e. The second kappa shape index (κ2) is 8.57. The Balaban J connectivity index is 2.00. The quantitative estimate of drug-likeness (QED) is 0.731. The summed E-state index contributed by atoms with van der Waals surface area (Å²) >= 11 is 5.36. The van der Waals surface area contributed by atoms with Crippen LogP contribution in [0, 0.1) is 0 Å². The van der Waals surface area contributed by atoms with E-state index < -0.39 is 0 Å². The lowest BCUT2D eigenvalue weighted by atomic mass is 10.0. The third-order valence-corrected chi connectivity index (χ3v) is 5.05. The van der Waals surface area contributed by atoms with Crippen molar-refractivity contribution in [2.45, 2.75) is 32.2 Å². The Labute approximate surface area is 139 Å². The van der Waals surface area contributed by atoms with Crippen LogP contribution in [0.25, 0.3) is 0 Å². The normalized spacial score (nSPS) is 12.3. The highest BCUT2D eigenvalue weighted by Crippen LogP contribution is 2.24. The highest BCUT2D eigenvalue weighted by molar-refractivity contribution is 9.11. The summed E-state index contributed by atoms with van der Waals surface area (Å²) in [6, 6.07) is 13.2. The third-order valence-electron chi connectivity index (χ3n) is 3.40. The molecule has 0 aliphatic rings. The number of ether oxygens (including phenoxy) is 1. The van der Waals surface area contributed by atoms with Gasteiger partial charge in [0, 0.05) is 10.9 Å². The fourth-order valence-electron chi connectivity index (χ4n) is 2.32. The summed E-state index contributed by atoms with van der Waals surface area (Å²) in [6.45, 7) is 3.27. The van der Waals surface area contributed by atoms with E-state index in [0.717, 1.165) is 31.6 Å². The predicted octanol–water partition coefficient (Wildman–Crippen LogP) is 4.67. The van der Waals surface area contributed by atoms with Crippen molar-refractivity contribution in [3.63, 3.8) is 0 Å². The highest BCUT2D eigenvalue weighted by Gasteiger charge is 2.11. The summed E-state index contributed by atoms with van der Waals surface area (Å²) in [6.07, 6.45) is 3.27. The molecular weight excluding hydrogens is 346 g/mol. The minimum absolute atomic E-state index is 0.476. The molecule has 0 saturated heterocycles. The summed E-state index contributed by atoms with van der Waals surface area (Å²) in [7, 11) is 1.70. The minimum Gasteiger partial charge on any atom is -0.497 e. The van der Waals surface area contributed by atoms with Crippen molar-refractivity contribution < 1.29 is 4.74 Å². The number of thiophene rings is 1. The topological polar surface area (TPSA) is 21.3 Å². The molecule has 0 fully saturated rings.